The number of nitriles is 1. The van der Waals surface area contributed by atoms with Gasteiger partial charge in [-0.15, -0.1) is 0 Å². The Balaban J connectivity index is 1.28. The largest absolute Gasteiger partial charge is 0.371 e. The minimum absolute atomic E-state index is 0.338. The highest BCUT2D eigenvalue weighted by Crippen LogP contribution is 2.37. The lowest BCUT2D eigenvalue weighted by Gasteiger charge is -2.38. The molecular weight excluding hydrogens is 438 g/mol. The molecule has 0 unspecified atom stereocenters. The third-order valence-corrected chi connectivity index (χ3v) is 7.80. The Morgan fingerprint density at radius 1 is 1.11 bits per heavy atom. The maximum absolute atomic E-state index is 9.02. The smallest absolute Gasteiger partial charge is 0.225 e. The van der Waals surface area contributed by atoms with Crippen LogP contribution in [-0.4, -0.2) is 62.8 Å². The van der Waals surface area contributed by atoms with Crippen LogP contribution in [0.3, 0.4) is 0 Å². The van der Waals surface area contributed by atoms with Crippen LogP contribution in [0.2, 0.25) is 0 Å². The first kappa shape index (κ1) is 22.1. The number of anilines is 4. The number of rotatable bonds is 7. The molecule has 6 rings (SSSR count). The molecule has 3 aromatic rings. The van der Waals surface area contributed by atoms with Gasteiger partial charge < -0.3 is 15.5 Å². The van der Waals surface area contributed by atoms with Gasteiger partial charge in [-0.05, 0) is 63.6 Å². The lowest BCUT2D eigenvalue weighted by atomic mass is 9.97. The highest BCUT2D eigenvalue weighted by atomic mass is 15.3. The summed E-state index contributed by atoms with van der Waals surface area (Å²) in [6.07, 6.45) is 7.68. The van der Waals surface area contributed by atoms with Gasteiger partial charge >= 0.3 is 0 Å². The molecule has 0 aliphatic carbocycles. The lowest BCUT2D eigenvalue weighted by molar-refractivity contribution is 0.135. The molecule has 0 amide bonds. The molecule has 182 valence electrons. The van der Waals surface area contributed by atoms with Crippen molar-refractivity contribution in [2.24, 2.45) is 0 Å². The van der Waals surface area contributed by atoms with E-state index in [9.17, 15) is 0 Å². The number of hydrogen-bond donors (Lipinski definition) is 3. The van der Waals surface area contributed by atoms with Crippen molar-refractivity contribution in [1.82, 2.24) is 25.1 Å². The monoisotopic (exact) mass is 471 g/mol. The van der Waals surface area contributed by atoms with Crippen molar-refractivity contribution in [2.45, 2.75) is 70.0 Å². The summed E-state index contributed by atoms with van der Waals surface area (Å²) in [5.41, 5.74) is 3.17. The maximum Gasteiger partial charge on any atom is 0.225 e. The number of hydrogen-bond acceptors (Lipinski definition) is 8. The first-order chi connectivity index (χ1) is 17.2. The van der Waals surface area contributed by atoms with Gasteiger partial charge in [-0.1, -0.05) is 0 Å². The summed E-state index contributed by atoms with van der Waals surface area (Å²) in [4.78, 5) is 14.9. The van der Waals surface area contributed by atoms with E-state index in [1.54, 1.807) is 0 Å². The zero-order valence-corrected chi connectivity index (χ0v) is 20.3. The summed E-state index contributed by atoms with van der Waals surface area (Å²) in [5, 5.41) is 24.4. The first-order valence-corrected chi connectivity index (χ1v) is 12.9. The number of benzene rings is 1. The molecule has 5 heterocycles. The summed E-state index contributed by atoms with van der Waals surface area (Å²) in [5.74, 6) is 2.19. The molecule has 3 fully saturated rings. The summed E-state index contributed by atoms with van der Waals surface area (Å²) in [6, 6.07) is 12.2. The second kappa shape index (κ2) is 9.34. The predicted molar refractivity (Wildman–Crippen MR) is 138 cm³/mol. The quantitative estimate of drug-likeness (QED) is 0.467. The van der Waals surface area contributed by atoms with E-state index in [-0.39, 0.29) is 0 Å². The van der Waals surface area contributed by atoms with Crippen molar-refractivity contribution in [2.75, 3.05) is 35.2 Å². The molecule has 2 bridgehead atoms. The van der Waals surface area contributed by atoms with E-state index < -0.39 is 0 Å². The van der Waals surface area contributed by atoms with Crippen molar-refractivity contribution in [3.8, 4) is 6.07 Å². The molecule has 0 spiro atoms. The Morgan fingerprint density at radius 3 is 2.63 bits per heavy atom. The second-order valence-corrected chi connectivity index (χ2v) is 10.2. The van der Waals surface area contributed by atoms with Crippen LogP contribution in [0.4, 0.5) is 23.3 Å². The Hall–Kier alpha value is -3.38. The predicted octanol–water partition coefficient (Wildman–Crippen LogP) is 4.33. The molecule has 0 saturated carbocycles. The van der Waals surface area contributed by atoms with Crippen LogP contribution in [0.5, 0.6) is 0 Å². The number of aryl methyl sites for hydroxylation is 1. The Bertz CT molecular complexity index is 1230. The topological polar surface area (TPSA) is 109 Å². The van der Waals surface area contributed by atoms with E-state index in [0.717, 1.165) is 60.7 Å². The number of nitrogens with zero attached hydrogens (tertiary/aromatic N) is 6. The number of aromatic amines is 1. The van der Waals surface area contributed by atoms with Gasteiger partial charge in [0.1, 0.15) is 5.82 Å². The molecule has 35 heavy (non-hydrogen) atoms. The van der Waals surface area contributed by atoms with Crippen LogP contribution in [0.15, 0.2) is 24.3 Å². The van der Waals surface area contributed by atoms with E-state index >= 15 is 0 Å². The molecule has 0 radical (unpaired) electrons. The Labute approximate surface area is 205 Å². The molecule has 9 heteroatoms. The van der Waals surface area contributed by atoms with Crippen LogP contribution in [-0.2, 0) is 0 Å². The van der Waals surface area contributed by atoms with Crippen molar-refractivity contribution in [1.29, 1.82) is 5.26 Å². The molecule has 1 aromatic carbocycles. The standard InChI is InChI=1S/C26H33N9/c1-17-13-24(33-32-17)30-25-22-8-7-19(34-10-2-3-11-34)16-23(22)29-26(31-25)28-18-14-20-5-6-21(15-18)35(20)12-4-9-27/h7-8,13,16,18,20-21H,2-6,10-12,14-15H2,1H3,(H3,28,29,30,31,32,33)/t18-,20-,21+. The van der Waals surface area contributed by atoms with Crippen LogP contribution in [0, 0.1) is 18.3 Å². The first-order valence-electron chi connectivity index (χ1n) is 12.9. The highest BCUT2D eigenvalue weighted by Gasteiger charge is 2.40. The van der Waals surface area contributed by atoms with Crippen LogP contribution in [0.25, 0.3) is 10.9 Å². The van der Waals surface area contributed by atoms with Gasteiger partial charge in [0.15, 0.2) is 5.82 Å². The number of aromatic nitrogens is 4. The molecule has 3 aliphatic heterocycles. The molecule has 2 aromatic heterocycles. The minimum Gasteiger partial charge on any atom is -0.371 e. The highest BCUT2D eigenvalue weighted by molar-refractivity contribution is 5.93. The Kier molecular flexibility index (Phi) is 5.90. The molecule has 3 N–H and O–H groups in total. The van der Waals surface area contributed by atoms with Crippen molar-refractivity contribution < 1.29 is 0 Å². The molecule has 3 saturated heterocycles. The van der Waals surface area contributed by atoms with Crippen molar-refractivity contribution in [3.05, 3.63) is 30.0 Å². The number of H-pyrrole nitrogens is 1. The summed E-state index contributed by atoms with van der Waals surface area (Å²) >= 11 is 0. The van der Waals surface area contributed by atoms with Gasteiger partial charge in [-0.25, -0.2) is 4.98 Å². The number of fused-ring (bicyclic) bond motifs is 3. The van der Waals surface area contributed by atoms with Gasteiger partial charge in [0.2, 0.25) is 5.95 Å². The summed E-state index contributed by atoms with van der Waals surface area (Å²) in [7, 11) is 0. The van der Waals surface area contributed by atoms with Gasteiger partial charge in [0.25, 0.3) is 0 Å². The fourth-order valence-electron chi connectivity index (χ4n) is 6.17. The van der Waals surface area contributed by atoms with E-state index in [2.05, 4.69) is 54.9 Å². The molecular formula is C26H33N9. The van der Waals surface area contributed by atoms with Crippen LogP contribution in [0.1, 0.15) is 50.6 Å². The molecule has 3 atom stereocenters. The van der Waals surface area contributed by atoms with E-state index in [1.165, 1.54) is 31.4 Å². The second-order valence-electron chi connectivity index (χ2n) is 10.2. The SMILES string of the molecule is Cc1cc(Nc2nc(N[C@@H]3C[C@H]4CC[C@@H](C3)N4CCC#N)nc3cc(N4CCCC4)ccc23)n[nH]1. The molecule has 9 nitrogen and oxygen atoms in total. The lowest BCUT2D eigenvalue weighted by Crippen LogP contribution is -2.47. The summed E-state index contributed by atoms with van der Waals surface area (Å²) in [6.45, 7) is 5.09. The van der Waals surface area contributed by atoms with Crippen molar-refractivity contribution >= 4 is 34.2 Å². The van der Waals surface area contributed by atoms with Gasteiger partial charge in [0, 0.05) is 67.0 Å². The van der Waals surface area contributed by atoms with E-state index in [4.69, 9.17) is 15.2 Å². The number of nitrogens with one attached hydrogen (secondary N) is 3. The molecule has 3 aliphatic rings. The number of piperidine rings is 1. The average Bonchev–Trinajstić information content (AvgIpc) is 3.58. The average molecular weight is 472 g/mol. The van der Waals surface area contributed by atoms with Crippen LogP contribution < -0.4 is 15.5 Å². The minimum atomic E-state index is 0.338. The van der Waals surface area contributed by atoms with E-state index in [0.29, 0.717) is 30.5 Å². The third kappa shape index (κ3) is 4.50. The fourth-order valence-corrected chi connectivity index (χ4v) is 6.17. The van der Waals surface area contributed by atoms with Gasteiger partial charge in [0.05, 0.1) is 11.6 Å². The third-order valence-electron chi connectivity index (χ3n) is 7.80. The zero-order chi connectivity index (χ0) is 23.8. The van der Waals surface area contributed by atoms with Gasteiger partial charge in [-0.2, -0.15) is 15.3 Å². The Morgan fingerprint density at radius 2 is 1.91 bits per heavy atom. The zero-order valence-electron chi connectivity index (χ0n) is 20.3. The van der Waals surface area contributed by atoms with Crippen molar-refractivity contribution in [3.63, 3.8) is 0 Å². The van der Waals surface area contributed by atoms with Gasteiger partial charge in [-0.3, -0.25) is 10.00 Å². The fraction of sp³-hybridized carbons (Fsp3) is 0.538. The maximum atomic E-state index is 9.02. The van der Waals surface area contributed by atoms with Crippen LogP contribution >= 0.6 is 0 Å². The summed E-state index contributed by atoms with van der Waals surface area (Å²) < 4.78 is 0. The van der Waals surface area contributed by atoms with E-state index in [1.807, 2.05) is 13.0 Å². The normalized spacial score (nSPS) is 24.1.